The number of rotatable bonds is 3. The molecule has 19 heavy (non-hydrogen) atoms. The van der Waals surface area contributed by atoms with Crippen molar-refractivity contribution in [3.8, 4) is 11.5 Å². The van der Waals surface area contributed by atoms with E-state index in [0.717, 1.165) is 10.8 Å². The number of carbonyl (C=O) groups excluding carboxylic acids is 1. The minimum absolute atomic E-state index is 0.0149. The highest BCUT2D eigenvalue weighted by molar-refractivity contribution is 5.93. The maximum atomic E-state index is 12.1. The molecule has 100 valence electrons. The Labute approximate surface area is 112 Å². The maximum absolute atomic E-state index is 12.1. The molecule has 0 aromatic heterocycles. The first-order valence-corrected chi connectivity index (χ1v) is 6.38. The van der Waals surface area contributed by atoms with Gasteiger partial charge in [0.05, 0.1) is 5.41 Å². The molecule has 0 saturated carbocycles. The highest BCUT2D eigenvalue weighted by atomic mass is 16.5. The Balaban J connectivity index is 2.45. The summed E-state index contributed by atoms with van der Waals surface area (Å²) in [7, 11) is 0. The van der Waals surface area contributed by atoms with Gasteiger partial charge in [-0.2, -0.15) is 0 Å². The molecule has 1 N–H and O–H groups in total. The topological polar surface area (TPSA) is 46.5 Å². The molecule has 2 aromatic carbocycles. The van der Waals surface area contributed by atoms with Crippen molar-refractivity contribution in [1.82, 2.24) is 0 Å². The van der Waals surface area contributed by atoms with E-state index in [-0.39, 0.29) is 17.5 Å². The van der Waals surface area contributed by atoms with Crippen LogP contribution < -0.4 is 4.74 Å². The van der Waals surface area contributed by atoms with E-state index < -0.39 is 5.41 Å². The predicted octanol–water partition coefficient (Wildman–Crippen LogP) is 3.89. The zero-order valence-electron chi connectivity index (χ0n) is 11.4. The molecule has 2 aromatic rings. The molecule has 0 unspecified atom stereocenters. The van der Waals surface area contributed by atoms with Gasteiger partial charge in [0.25, 0.3) is 0 Å². The molecule has 0 fully saturated rings. The minimum Gasteiger partial charge on any atom is -0.504 e. The van der Waals surface area contributed by atoms with Crippen LogP contribution in [0.2, 0.25) is 0 Å². The number of carbonyl (C=O) groups is 1. The van der Waals surface area contributed by atoms with Gasteiger partial charge in [-0.15, -0.1) is 0 Å². The second-order valence-electron chi connectivity index (χ2n) is 5.26. The van der Waals surface area contributed by atoms with E-state index in [4.69, 9.17) is 4.74 Å². The Morgan fingerprint density at radius 1 is 1.21 bits per heavy atom. The zero-order valence-corrected chi connectivity index (χ0v) is 11.4. The molecule has 0 radical (unpaired) electrons. The van der Waals surface area contributed by atoms with Crippen LogP contribution in [-0.2, 0) is 4.79 Å². The van der Waals surface area contributed by atoms with Crippen molar-refractivity contribution in [2.45, 2.75) is 27.2 Å². The predicted molar refractivity (Wildman–Crippen MR) is 75.3 cm³/mol. The number of hydrogen-bond donors (Lipinski definition) is 1. The number of aromatic hydroxyl groups is 1. The minimum atomic E-state index is -0.566. The molecule has 3 heteroatoms. The number of benzene rings is 2. The Kier molecular flexibility index (Phi) is 3.47. The monoisotopic (exact) mass is 258 g/mol. The highest BCUT2D eigenvalue weighted by Gasteiger charge is 2.28. The Morgan fingerprint density at radius 2 is 1.89 bits per heavy atom. The molecule has 0 aliphatic rings. The number of ether oxygens (including phenoxy) is 1. The number of phenols is 1. The van der Waals surface area contributed by atoms with Crippen LogP contribution in [-0.4, -0.2) is 11.1 Å². The smallest absolute Gasteiger partial charge is 0.317 e. The summed E-state index contributed by atoms with van der Waals surface area (Å²) < 4.78 is 5.43. The van der Waals surface area contributed by atoms with E-state index in [1.165, 1.54) is 0 Å². The van der Waals surface area contributed by atoms with Gasteiger partial charge < -0.3 is 9.84 Å². The van der Waals surface area contributed by atoms with Crippen LogP contribution in [0, 0.1) is 5.41 Å². The first kappa shape index (κ1) is 13.4. The largest absolute Gasteiger partial charge is 0.504 e. The number of hydrogen-bond acceptors (Lipinski definition) is 3. The maximum Gasteiger partial charge on any atom is 0.317 e. The molecular weight excluding hydrogens is 240 g/mol. The van der Waals surface area contributed by atoms with Gasteiger partial charge in [0.15, 0.2) is 11.5 Å². The second-order valence-corrected chi connectivity index (χ2v) is 5.26. The Bertz CT molecular complexity index is 614. The standard InChI is InChI=1S/C16H18O3/c1-4-16(2,3)15(18)19-14-12-8-6-5-7-11(12)9-10-13(14)17/h5-10,17H,4H2,1-3H3. The zero-order chi connectivity index (χ0) is 14.0. The SMILES string of the molecule is CCC(C)(C)C(=O)Oc1c(O)ccc2ccccc12. The van der Waals surface area contributed by atoms with E-state index in [1.807, 2.05) is 45.0 Å². The number of phenolic OH excluding ortho intramolecular Hbond substituents is 1. The van der Waals surface area contributed by atoms with Crippen LogP contribution in [0.3, 0.4) is 0 Å². The summed E-state index contributed by atoms with van der Waals surface area (Å²) in [6, 6.07) is 10.8. The van der Waals surface area contributed by atoms with Gasteiger partial charge in [0.2, 0.25) is 0 Å². The lowest BCUT2D eigenvalue weighted by Crippen LogP contribution is -2.28. The van der Waals surface area contributed by atoms with Crippen molar-refractivity contribution < 1.29 is 14.6 Å². The van der Waals surface area contributed by atoms with Crippen molar-refractivity contribution in [2.75, 3.05) is 0 Å². The van der Waals surface area contributed by atoms with Gasteiger partial charge in [-0.05, 0) is 31.7 Å². The fourth-order valence-corrected chi connectivity index (χ4v) is 1.71. The summed E-state index contributed by atoms with van der Waals surface area (Å²) in [6.07, 6.45) is 0.678. The summed E-state index contributed by atoms with van der Waals surface area (Å²) in [4.78, 5) is 12.1. The van der Waals surface area contributed by atoms with Gasteiger partial charge in [-0.3, -0.25) is 4.79 Å². The first-order chi connectivity index (χ1) is 8.95. The van der Waals surface area contributed by atoms with Crippen LogP contribution in [0.15, 0.2) is 36.4 Å². The van der Waals surface area contributed by atoms with Gasteiger partial charge in [-0.25, -0.2) is 0 Å². The molecule has 0 aliphatic heterocycles. The first-order valence-electron chi connectivity index (χ1n) is 6.38. The lowest BCUT2D eigenvalue weighted by molar-refractivity contribution is -0.144. The fourth-order valence-electron chi connectivity index (χ4n) is 1.71. The molecule has 0 aliphatic carbocycles. The summed E-state index contributed by atoms with van der Waals surface area (Å²) in [6.45, 7) is 5.60. The number of fused-ring (bicyclic) bond motifs is 1. The van der Waals surface area contributed by atoms with Gasteiger partial charge in [-0.1, -0.05) is 37.3 Å². The van der Waals surface area contributed by atoms with E-state index in [0.29, 0.717) is 6.42 Å². The van der Waals surface area contributed by atoms with Crippen molar-refractivity contribution in [3.05, 3.63) is 36.4 Å². The summed E-state index contributed by atoms with van der Waals surface area (Å²) in [5, 5.41) is 11.6. The van der Waals surface area contributed by atoms with Crippen LogP contribution in [0.5, 0.6) is 11.5 Å². The quantitative estimate of drug-likeness (QED) is 0.671. The summed E-state index contributed by atoms with van der Waals surface area (Å²) >= 11 is 0. The number of esters is 1. The third-order valence-corrected chi connectivity index (χ3v) is 3.49. The molecule has 0 bridgehead atoms. The molecule has 3 nitrogen and oxygen atoms in total. The Morgan fingerprint density at radius 3 is 2.58 bits per heavy atom. The molecule has 2 rings (SSSR count). The van der Waals surface area contributed by atoms with E-state index >= 15 is 0 Å². The van der Waals surface area contributed by atoms with Gasteiger partial charge in [0.1, 0.15) is 0 Å². The van der Waals surface area contributed by atoms with Crippen LogP contribution in [0.4, 0.5) is 0 Å². The van der Waals surface area contributed by atoms with E-state index in [1.54, 1.807) is 12.1 Å². The fraction of sp³-hybridized carbons (Fsp3) is 0.312. The molecule has 0 heterocycles. The van der Waals surface area contributed by atoms with E-state index in [2.05, 4.69) is 0 Å². The average Bonchev–Trinajstić information content (AvgIpc) is 2.41. The molecule has 0 atom stereocenters. The van der Waals surface area contributed by atoms with Crippen molar-refractivity contribution in [1.29, 1.82) is 0 Å². The second kappa shape index (κ2) is 4.92. The lowest BCUT2D eigenvalue weighted by Gasteiger charge is -2.21. The third-order valence-electron chi connectivity index (χ3n) is 3.49. The van der Waals surface area contributed by atoms with Crippen LogP contribution in [0.1, 0.15) is 27.2 Å². The third kappa shape index (κ3) is 2.55. The highest BCUT2D eigenvalue weighted by Crippen LogP contribution is 2.36. The van der Waals surface area contributed by atoms with Crippen LogP contribution in [0.25, 0.3) is 10.8 Å². The normalized spacial score (nSPS) is 11.5. The van der Waals surface area contributed by atoms with Gasteiger partial charge in [0, 0.05) is 5.39 Å². The van der Waals surface area contributed by atoms with Crippen molar-refractivity contribution in [3.63, 3.8) is 0 Å². The lowest BCUT2D eigenvalue weighted by atomic mass is 9.90. The average molecular weight is 258 g/mol. The van der Waals surface area contributed by atoms with Crippen molar-refractivity contribution >= 4 is 16.7 Å². The summed E-state index contributed by atoms with van der Waals surface area (Å²) in [5.41, 5.74) is -0.566. The molecular formula is C16H18O3. The molecule has 0 spiro atoms. The van der Waals surface area contributed by atoms with E-state index in [9.17, 15) is 9.90 Å². The Hall–Kier alpha value is -2.03. The van der Waals surface area contributed by atoms with Gasteiger partial charge >= 0.3 is 5.97 Å². The molecule has 0 saturated heterocycles. The van der Waals surface area contributed by atoms with Crippen molar-refractivity contribution in [2.24, 2.45) is 5.41 Å². The van der Waals surface area contributed by atoms with Crippen LogP contribution >= 0.6 is 0 Å². The molecule has 0 amide bonds. The summed E-state index contributed by atoms with van der Waals surface area (Å²) in [5.74, 6) is -0.106.